The molecule has 1 rings (SSSR count). The maximum atomic E-state index is 13.3. The zero-order chi connectivity index (χ0) is 13.7. The summed E-state index contributed by atoms with van der Waals surface area (Å²) in [4.78, 5) is 22.0. The van der Waals surface area contributed by atoms with Crippen molar-refractivity contribution in [1.29, 1.82) is 0 Å². The molecule has 0 heterocycles. The number of carboxylic acids is 1. The Kier molecular flexibility index (Phi) is 4.67. The Morgan fingerprint density at radius 2 is 2.11 bits per heavy atom. The van der Waals surface area contributed by atoms with Crippen LogP contribution >= 0.6 is 11.6 Å². The van der Waals surface area contributed by atoms with Crippen molar-refractivity contribution < 1.29 is 19.1 Å². The van der Waals surface area contributed by atoms with Crippen LogP contribution in [0.5, 0.6) is 0 Å². The van der Waals surface area contributed by atoms with Crippen molar-refractivity contribution in [2.24, 2.45) is 0 Å². The van der Waals surface area contributed by atoms with Gasteiger partial charge in [-0.2, -0.15) is 0 Å². The van der Waals surface area contributed by atoms with Gasteiger partial charge in [-0.05, 0) is 18.2 Å². The van der Waals surface area contributed by atoms with Crippen molar-refractivity contribution in [3.8, 4) is 0 Å². The van der Waals surface area contributed by atoms with Crippen LogP contribution in [-0.4, -0.2) is 23.7 Å². The molecule has 0 unspecified atom stereocenters. The normalized spacial score (nSPS) is 9.67. The van der Waals surface area contributed by atoms with Crippen LogP contribution in [0.2, 0.25) is 0 Å². The van der Waals surface area contributed by atoms with Gasteiger partial charge < -0.3 is 15.7 Å². The minimum absolute atomic E-state index is 0.0215. The van der Waals surface area contributed by atoms with Crippen molar-refractivity contribution in [3.05, 3.63) is 41.2 Å². The van der Waals surface area contributed by atoms with Gasteiger partial charge in [-0.15, -0.1) is 0 Å². The lowest BCUT2D eigenvalue weighted by Gasteiger charge is -2.08. The van der Waals surface area contributed by atoms with Crippen molar-refractivity contribution in [2.75, 3.05) is 11.9 Å². The van der Waals surface area contributed by atoms with E-state index in [-0.39, 0.29) is 22.8 Å². The molecule has 0 bridgehead atoms. The van der Waals surface area contributed by atoms with Crippen LogP contribution < -0.4 is 10.6 Å². The van der Waals surface area contributed by atoms with Crippen LogP contribution in [0.3, 0.4) is 0 Å². The highest BCUT2D eigenvalue weighted by molar-refractivity contribution is 6.29. The third kappa shape index (κ3) is 4.06. The van der Waals surface area contributed by atoms with Crippen molar-refractivity contribution in [1.82, 2.24) is 5.32 Å². The Morgan fingerprint density at radius 1 is 1.44 bits per heavy atom. The second-order valence-corrected chi connectivity index (χ2v) is 3.86. The molecule has 0 spiro atoms. The van der Waals surface area contributed by atoms with Gasteiger partial charge in [0.25, 0.3) is 0 Å². The zero-order valence-electron chi connectivity index (χ0n) is 9.17. The number of hydrogen-bond donors (Lipinski definition) is 3. The van der Waals surface area contributed by atoms with Gasteiger partial charge in [0.05, 0.1) is 17.8 Å². The van der Waals surface area contributed by atoms with Crippen LogP contribution in [0.1, 0.15) is 10.4 Å². The van der Waals surface area contributed by atoms with Gasteiger partial charge in [-0.25, -0.2) is 14.0 Å². The molecule has 1 aromatic rings. The standard InChI is InChI=1S/C11H10ClFN2O3/c1-6(12)5-14-11(18)15-9-4-7(10(16)17)2-3-8(9)13/h2-4H,1,5H2,(H,16,17)(H2,14,15,18). The van der Waals surface area contributed by atoms with E-state index in [4.69, 9.17) is 16.7 Å². The molecule has 0 saturated carbocycles. The number of nitrogens with one attached hydrogen (secondary N) is 2. The van der Waals surface area contributed by atoms with Gasteiger partial charge in [0.15, 0.2) is 0 Å². The molecule has 0 fully saturated rings. The molecule has 0 aliphatic carbocycles. The highest BCUT2D eigenvalue weighted by Crippen LogP contribution is 2.16. The molecule has 5 nitrogen and oxygen atoms in total. The molecule has 0 aromatic heterocycles. The molecular formula is C11H10ClFN2O3. The lowest BCUT2D eigenvalue weighted by atomic mass is 10.2. The molecule has 7 heteroatoms. The number of amides is 2. The first-order chi connectivity index (χ1) is 8.40. The van der Waals surface area contributed by atoms with Crippen LogP contribution in [0.25, 0.3) is 0 Å². The number of anilines is 1. The Balaban J connectivity index is 2.77. The summed E-state index contributed by atoms with van der Waals surface area (Å²) in [6.07, 6.45) is 0. The van der Waals surface area contributed by atoms with E-state index in [1.807, 2.05) is 0 Å². The van der Waals surface area contributed by atoms with Gasteiger partial charge in [0.1, 0.15) is 5.82 Å². The van der Waals surface area contributed by atoms with E-state index < -0.39 is 17.8 Å². The number of carbonyl (C=O) groups excluding carboxylic acids is 1. The summed E-state index contributed by atoms with van der Waals surface area (Å²) < 4.78 is 13.3. The minimum Gasteiger partial charge on any atom is -0.478 e. The van der Waals surface area contributed by atoms with E-state index in [1.54, 1.807) is 0 Å². The molecule has 0 aliphatic rings. The van der Waals surface area contributed by atoms with Crippen molar-refractivity contribution in [2.45, 2.75) is 0 Å². The van der Waals surface area contributed by atoms with E-state index in [9.17, 15) is 14.0 Å². The van der Waals surface area contributed by atoms with Gasteiger partial charge in [-0.1, -0.05) is 18.2 Å². The molecule has 18 heavy (non-hydrogen) atoms. The average molecular weight is 273 g/mol. The fraction of sp³-hybridized carbons (Fsp3) is 0.0909. The summed E-state index contributed by atoms with van der Waals surface area (Å²) in [6.45, 7) is 3.38. The number of halogens is 2. The molecular weight excluding hydrogens is 263 g/mol. The fourth-order valence-electron chi connectivity index (χ4n) is 1.10. The van der Waals surface area contributed by atoms with E-state index >= 15 is 0 Å². The Hall–Kier alpha value is -2.08. The highest BCUT2D eigenvalue weighted by atomic mass is 35.5. The van der Waals surface area contributed by atoms with Crippen LogP contribution in [0.4, 0.5) is 14.9 Å². The summed E-state index contributed by atoms with van der Waals surface area (Å²) in [5.41, 5.74) is -0.360. The SMILES string of the molecule is C=C(Cl)CNC(=O)Nc1cc(C(=O)O)ccc1F. The number of carbonyl (C=O) groups is 2. The number of rotatable bonds is 4. The molecule has 96 valence electrons. The van der Waals surface area contributed by atoms with E-state index in [1.165, 1.54) is 0 Å². The Labute approximate surface area is 107 Å². The average Bonchev–Trinajstić information content (AvgIpc) is 2.29. The summed E-state index contributed by atoms with van der Waals surface area (Å²) >= 11 is 5.43. The topological polar surface area (TPSA) is 78.4 Å². The van der Waals surface area contributed by atoms with Crippen LogP contribution in [0, 0.1) is 5.82 Å². The predicted octanol–water partition coefficient (Wildman–Crippen LogP) is 2.40. The number of hydrogen-bond acceptors (Lipinski definition) is 2. The maximum Gasteiger partial charge on any atom is 0.335 e. The first-order valence-corrected chi connectivity index (χ1v) is 5.19. The number of aromatic carboxylic acids is 1. The molecule has 0 radical (unpaired) electrons. The third-order valence-corrected chi connectivity index (χ3v) is 2.04. The molecule has 1 aromatic carbocycles. The minimum atomic E-state index is -1.22. The maximum absolute atomic E-state index is 13.3. The van der Waals surface area contributed by atoms with Gasteiger partial charge >= 0.3 is 12.0 Å². The second kappa shape index (κ2) is 6.02. The zero-order valence-corrected chi connectivity index (χ0v) is 9.92. The molecule has 3 N–H and O–H groups in total. The van der Waals surface area contributed by atoms with E-state index in [0.29, 0.717) is 0 Å². The van der Waals surface area contributed by atoms with Crippen LogP contribution in [-0.2, 0) is 0 Å². The van der Waals surface area contributed by atoms with Gasteiger partial charge in [-0.3, -0.25) is 0 Å². The van der Waals surface area contributed by atoms with Gasteiger partial charge in [0, 0.05) is 5.03 Å². The summed E-state index contributed by atoms with van der Waals surface area (Å²) in [7, 11) is 0. The van der Waals surface area contributed by atoms with Crippen molar-refractivity contribution in [3.63, 3.8) is 0 Å². The predicted molar refractivity (Wildman–Crippen MR) is 65.4 cm³/mol. The Bertz CT molecular complexity index is 505. The summed E-state index contributed by atoms with van der Waals surface area (Å²) in [5.74, 6) is -1.95. The smallest absolute Gasteiger partial charge is 0.335 e. The monoisotopic (exact) mass is 272 g/mol. The lowest BCUT2D eigenvalue weighted by Crippen LogP contribution is -2.30. The van der Waals surface area contributed by atoms with E-state index in [0.717, 1.165) is 18.2 Å². The van der Waals surface area contributed by atoms with Crippen molar-refractivity contribution >= 4 is 29.3 Å². The first-order valence-electron chi connectivity index (χ1n) is 4.81. The first kappa shape index (κ1) is 14.0. The van der Waals surface area contributed by atoms with E-state index in [2.05, 4.69) is 17.2 Å². The number of urea groups is 1. The molecule has 2 amide bonds. The quantitative estimate of drug-likeness (QED) is 0.787. The fourth-order valence-corrected chi connectivity index (χ4v) is 1.16. The second-order valence-electron chi connectivity index (χ2n) is 3.32. The van der Waals surface area contributed by atoms with Crippen LogP contribution in [0.15, 0.2) is 29.8 Å². The Morgan fingerprint density at radius 3 is 2.67 bits per heavy atom. The highest BCUT2D eigenvalue weighted by Gasteiger charge is 2.10. The molecule has 0 aliphatic heterocycles. The number of carboxylic acid groups (broad SMARTS) is 1. The summed E-state index contributed by atoms with van der Waals surface area (Å²) in [5, 5.41) is 13.4. The summed E-state index contributed by atoms with van der Waals surface area (Å²) in [6, 6.07) is 2.37. The van der Waals surface area contributed by atoms with Gasteiger partial charge in [0.2, 0.25) is 0 Å². The lowest BCUT2D eigenvalue weighted by molar-refractivity contribution is 0.0697. The molecule has 0 atom stereocenters. The molecule has 0 saturated heterocycles. The largest absolute Gasteiger partial charge is 0.478 e. The number of benzene rings is 1. The third-order valence-electron chi connectivity index (χ3n) is 1.90.